The highest BCUT2D eigenvalue weighted by molar-refractivity contribution is 6.34. The maximum absolute atomic E-state index is 12.9. The van der Waals surface area contributed by atoms with E-state index >= 15 is 0 Å². The van der Waals surface area contributed by atoms with E-state index in [1.54, 1.807) is 0 Å². The first-order chi connectivity index (χ1) is 9.88. The van der Waals surface area contributed by atoms with Gasteiger partial charge in [0.1, 0.15) is 5.82 Å². The Bertz CT molecular complexity index is 719. The molecule has 6 heteroatoms. The first-order valence-corrected chi connectivity index (χ1v) is 6.53. The molecule has 2 N–H and O–H groups in total. The molecule has 0 heterocycles. The zero-order valence-electron chi connectivity index (χ0n) is 10.5. The van der Waals surface area contributed by atoms with E-state index in [9.17, 15) is 19.4 Å². The van der Waals surface area contributed by atoms with Gasteiger partial charge in [-0.25, -0.2) is 4.39 Å². The van der Waals surface area contributed by atoms with Crippen LogP contribution in [0.5, 0.6) is 11.5 Å². The summed E-state index contributed by atoms with van der Waals surface area (Å²) < 4.78 is 12.9. The highest BCUT2D eigenvalue weighted by Gasteiger charge is 2.09. The summed E-state index contributed by atoms with van der Waals surface area (Å²) in [6.45, 7) is 0. The molecule has 0 saturated carbocycles. The predicted molar refractivity (Wildman–Crippen MR) is 79.6 cm³/mol. The smallest absolute Gasteiger partial charge is 0.187 e. The average molecular weight is 327 g/mol. The molecule has 0 amide bonds. The molecule has 0 aliphatic carbocycles. The van der Waals surface area contributed by atoms with Crippen molar-refractivity contribution in [3.63, 3.8) is 0 Å². The molecule has 2 rings (SSSR count). The quantitative estimate of drug-likeness (QED) is 0.498. The highest BCUT2D eigenvalue weighted by Crippen LogP contribution is 2.34. The minimum atomic E-state index is -0.532. The number of phenolic OH excluding ortho intramolecular Hbond substituents is 2. The monoisotopic (exact) mass is 326 g/mol. The van der Waals surface area contributed by atoms with Gasteiger partial charge in [0.05, 0.1) is 10.0 Å². The minimum absolute atomic E-state index is 0.0104. The van der Waals surface area contributed by atoms with Crippen LogP contribution in [0.25, 0.3) is 6.08 Å². The number of aromatic hydroxyl groups is 2. The van der Waals surface area contributed by atoms with Crippen LogP contribution in [0.2, 0.25) is 10.0 Å². The minimum Gasteiger partial charge on any atom is -0.504 e. The summed E-state index contributed by atoms with van der Waals surface area (Å²) in [5, 5.41) is 18.7. The molecule has 0 unspecified atom stereocenters. The summed E-state index contributed by atoms with van der Waals surface area (Å²) in [5.41, 5.74) is 0.574. The van der Waals surface area contributed by atoms with Crippen LogP contribution >= 0.6 is 23.2 Å². The van der Waals surface area contributed by atoms with Crippen molar-refractivity contribution in [1.29, 1.82) is 0 Å². The summed E-state index contributed by atoms with van der Waals surface area (Å²) in [5.74, 6) is -1.78. The third kappa shape index (κ3) is 3.54. The van der Waals surface area contributed by atoms with Crippen molar-refractivity contribution >= 4 is 35.1 Å². The van der Waals surface area contributed by atoms with Crippen LogP contribution in [0, 0.1) is 5.82 Å². The molecule has 0 atom stereocenters. The van der Waals surface area contributed by atoms with Crippen molar-refractivity contribution in [1.82, 2.24) is 0 Å². The van der Waals surface area contributed by atoms with Crippen molar-refractivity contribution in [3.05, 3.63) is 63.4 Å². The van der Waals surface area contributed by atoms with Gasteiger partial charge in [0.15, 0.2) is 17.3 Å². The molecule has 2 aromatic carbocycles. The number of carbonyl (C=O) groups excluding carboxylic acids is 1. The van der Waals surface area contributed by atoms with Crippen LogP contribution in [0.4, 0.5) is 4.39 Å². The molecule has 0 bridgehead atoms. The summed E-state index contributed by atoms with van der Waals surface area (Å²) in [6.07, 6.45) is 2.61. The van der Waals surface area contributed by atoms with E-state index in [1.165, 1.54) is 30.4 Å². The zero-order valence-corrected chi connectivity index (χ0v) is 12.0. The molecule has 0 aromatic heterocycles. The van der Waals surface area contributed by atoms with Gasteiger partial charge in [-0.15, -0.1) is 0 Å². The number of carbonyl (C=O) groups is 1. The lowest BCUT2D eigenvalue weighted by molar-refractivity contribution is 0.104. The molecule has 0 radical (unpaired) electrons. The number of phenols is 2. The Labute approximate surface area is 129 Å². The second kappa shape index (κ2) is 6.16. The van der Waals surface area contributed by atoms with E-state index in [1.807, 2.05) is 0 Å². The predicted octanol–water partition coefficient (Wildman–Crippen LogP) is 4.44. The van der Waals surface area contributed by atoms with Gasteiger partial charge in [-0.1, -0.05) is 29.3 Å². The summed E-state index contributed by atoms with van der Waals surface area (Å²) in [6, 6.07) is 6.09. The topological polar surface area (TPSA) is 57.5 Å². The lowest BCUT2D eigenvalue weighted by atomic mass is 10.1. The van der Waals surface area contributed by atoms with Crippen LogP contribution < -0.4 is 0 Å². The third-order valence-corrected chi connectivity index (χ3v) is 3.29. The normalized spacial score (nSPS) is 11.0. The Morgan fingerprint density at radius 3 is 2.43 bits per heavy atom. The van der Waals surface area contributed by atoms with Crippen LogP contribution in [0.3, 0.4) is 0 Å². The molecule has 108 valence electrons. The fourth-order valence-corrected chi connectivity index (χ4v) is 2.14. The van der Waals surface area contributed by atoms with Crippen molar-refractivity contribution in [2.75, 3.05) is 0 Å². The van der Waals surface area contributed by atoms with Crippen molar-refractivity contribution < 1.29 is 19.4 Å². The van der Waals surface area contributed by atoms with Gasteiger partial charge in [-0.3, -0.25) is 4.79 Å². The average Bonchev–Trinajstić information content (AvgIpc) is 2.42. The second-order valence-electron chi connectivity index (χ2n) is 4.19. The van der Waals surface area contributed by atoms with Gasteiger partial charge in [0.2, 0.25) is 0 Å². The van der Waals surface area contributed by atoms with Gasteiger partial charge < -0.3 is 10.2 Å². The molecule has 0 aliphatic rings. The third-order valence-electron chi connectivity index (χ3n) is 2.69. The number of allylic oxidation sites excluding steroid dienone is 1. The van der Waals surface area contributed by atoms with E-state index in [0.29, 0.717) is 5.56 Å². The molecule has 3 nitrogen and oxygen atoms in total. The Kier molecular flexibility index (Phi) is 4.50. The largest absolute Gasteiger partial charge is 0.504 e. The molecular formula is C15H9Cl2FO3. The summed E-state index contributed by atoms with van der Waals surface area (Å²) >= 11 is 11.5. The van der Waals surface area contributed by atoms with Gasteiger partial charge >= 0.3 is 0 Å². The van der Waals surface area contributed by atoms with Crippen LogP contribution in [0.15, 0.2) is 36.4 Å². The van der Waals surface area contributed by atoms with Crippen LogP contribution in [-0.2, 0) is 0 Å². The Hall–Kier alpha value is -2.04. The van der Waals surface area contributed by atoms with Crippen LogP contribution in [-0.4, -0.2) is 16.0 Å². The summed E-state index contributed by atoms with van der Waals surface area (Å²) in [7, 11) is 0. The van der Waals surface area contributed by atoms with Gasteiger partial charge in [-0.2, -0.15) is 0 Å². The number of ketones is 1. The van der Waals surface area contributed by atoms with E-state index in [2.05, 4.69) is 0 Å². The first kappa shape index (κ1) is 15.4. The van der Waals surface area contributed by atoms with E-state index in [-0.39, 0.29) is 15.6 Å². The maximum atomic E-state index is 12.9. The Morgan fingerprint density at radius 1 is 1.10 bits per heavy atom. The molecule has 2 aromatic rings. The number of hydrogen-bond acceptors (Lipinski definition) is 3. The summed E-state index contributed by atoms with van der Waals surface area (Å²) in [4.78, 5) is 11.9. The SMILES string of the molecule is O=C(/C=C/c1cc(O)c(O)c(Cl)c1)c1ccc(F)cc1Cl. The molecule has 0 saturated heterocycles. The first-order valence-electron chi connectivity index (χ1n) is 5.77. The maximum Gasteiger partial charge on any atom is 0.187 e. The number of hydrogen-bond donors (Lipinski definition) is 2. The van der Waals surface area contributed by atoms with Gasteiger partial charge in [0, 0.05) is 5.56 Å². The van der Waals surface area contributed by atoms with Crippen LogP contribution in [0.1, 0.15) is 15.9 Å². The van der Waals surface area contributed by atoms with Crippen molar-refractivity contribution in [3.8, 4) is 11.5 Å². The Morgan fingerprint density at radius 2 is 1.81 bits per heavy atom. The molecule has 0 spiro atoms. The molecule has 0 fully saturated rings. The number of benzene rings is 2. The van der Waals surface area contributed by atoms with E-state index in [0.717, 1.165) is 12.1 Å². The highest BCUT2D eigenvalue weighted by atomic mass is 35.5. The Balaban J connectivity index is 2.27. The van der Waals surface area contributed by atoms with E-state index < -0.39 is 23.1 Å². The number of rotatable bonds is 3. The fraction of sp³-hybridized carbons (Fsp3) is 0. The zero-order chi connectivity index (χ0) is 15.6. The fourth-order valence-electron chi connectivity index (χ4n) is 1.65. The second-order valence-corrected chi connectivity index (χ2v) is 5.01. The van der Waals surface area contributed by atoms with Gasteiger partial charge in [-0.05, 0) is 42.0 Å². The lowest BCUT2D eigenvalue weighted by Gasteiger charge is -2.02. The number of halogens is 3. The standard InChI is InChI=1S/C15H9Cl2FO3/c16-11-7-9(18)2-3-10(11)13(19)4-1-8-5-12(17)15(21)14(20)6-8/h1-7,20-21H/b4-1+. The molecular weight excluding hydrogens is 318 g/mol. The van der Waals surface area contributed by atoms with Crippen molar-refractivity contribution in [2.24, 2.45) is 0 Å². The van der Waals surface area contributed by atoms with Gasteiger partial charge in [0.25, 0.3) is 0 Å². The van der Waals surface area contributed by atoms with Crippen molar-refractivity contribution in [2.45, 2.75) is 0 Å². The van der Waals surface area contributed by atoms with E-state index in [4.69, 9.17) is 23.2 Å². The molecule has 0 aliphatic heterocycles. The lowest BCUT2D eigenvalue weighted by Crippen LogP contribution is -1.95. The molecule has 21 heavy (non-hydrogen) atoms.